The molecule has 7 rings (SSSR count). The van der Waals surface area contributed by atoms with Gasteiger partial charge in [0.05, 0.1) is 25.0 Å². The van der Waals surface area contributed by atoms with Gasteiger partial charge in [-0.15, -0.1) is 0 Å². The Kier molecular flexibility index (Phi) is 4.90. The molecule has 2 saturated carbocycles. The Bertz CT molecular complexity index is 1370. The molecule has 2 fully saturated rings. The van der Waals surface area contributed by atoms with Gasteiger partial charge in [-0.1, -0.05) is 37.1 Å². The molecule has 0 heterocycles. The van der Waals surface area contributed by atoms with Gasteiger partial charge < -0.3 is 19.7 Å². The first-order valence-corrected chi connectivity index (χ1v) is 14.2. The first-order valence-electron chi connectivity index (χ1n) is 14.2. The topological polar surface area (TPSA) is 127 Å². The number of rotatable bonds is 2. The second-order valence-corrected chi connectivity index (χ2v) is 14.0. The van der Waals surface area contributed by atoms with E-state index in [0.717, 1.165) is 35.1 Å². The van der Waals surface area contributed by atoms with E-state index in [2.05, 4.69) is 0 Å². The highest BCUT2D eigenvalue weighted by atomic mass is 16.5. The van der Waals surface area contributed by atoms with Gasteiger partial charge >= 0.3 is 11.9 Å². The van der Waals surface area contributed by atoms with E-state index >= 15 is 0 Å². The van der Waals surface area contributed by atoms with Crippen molar-refractivity contribution in [3.63, 3.8) is 0 Å². The van der Waals surface area contributed by atoms with Crippen molar-refractivity contribution in [2.75, 3.05) is 14.2 Å². The second kappa shape index (κ2) is 7.51. The van der Waals surface area contributed by atoms with E-state index in [4.69, 9.17) is 9.47 Å². The maximum absolute atomic E-state index is 14.0. The fourth-order valence-electron chi connectivity index (χ4n) is 9.53. The lowest BCUT2D eigenvalue weighted by Crippen LogP contribution is -2.50. The smallest absolute Gasteiger partial charge is 0.316 e. The highest BCUT2D eigenvalue weighted by Crippen LogP contribution is 2.73. The zero-order valence-electron chi connectivity index (χ0n) is 23.8. The molecule has 0 aromatic heterocycles. The molecule has 0 spiro atoms. The fourth-order valence-corrected chi connectivity index (χ4v) is 9.53. The van der Waals surface area contributed by atoms with Crippen LogP contribution in [0.5, 0.6) is 0 Å². The van der Waals surface area contributed by atoms with Crippen LogP contribution in [0.3, 0.4) is 0 Å². The van der Waals surface area contributed by atoms with Crippen LogP contribution in [0.15, 0.2) is 45.6 Å². The van der Waals surface area contributed by atoms with Crippen LogP contribution >= 0.6 is 0 Å². The number of aliphatic hydroxyl groups is 2. The number of ketones is 2. The molecule has 2 N–H and O–H groups in total. The van der Waals surface area contributed by atoms with E-state index in [1.165, 1.54) is 14.2 Å². The molecule has 7 aliphatic rings. The number of ether oxygens (including phenoxy) is 2. The summed E-state index contributed by atoms with van der Waals surface area (Å²) in [6.45, 7) is 7.18. The third-order valence-electron chi connectivity index (χ3n) is 12.2. The standard InChI is InChI=1S/C32H36O8/c1-29(27(37)39-5)11-15-13-7-17(13)32(4)20(15)10-22(24(34)26(32)36)30(2,28(38)40-6)12-16-14-8-18(14)31(3)19(16)9-21(29)23(33)25(31)35/h9-10,13-14,17-18,25-26,35-36H,7-8,11-12H2,1-6H3/t13?,14?,17?,18?,25?,26?,29-,30-,31+,32+/m1/s1. The maximum atomic E-state index is 14.0. The Balaban J connectivity index is 1.57. The van der Waals surface area contributed by atoms with E-state index in [1.54, 1.807) is 26.0 Å². The van der Waals surface area contributed by atoms with Crippen molar-refractivity contribution in [2.24, 2.45) is 45.3 Å². The van der Waals surface area contributed by atoms with E-state index in [0.29, 0.717) is 0 Å². The van der Waals surface area contributed by atoms with Crippen LogP contribution in [0.25, 0.3) is 0 Å². The average molecular weight is 549 g/mol. The number of hydrogen-bond donors (Lipinski definition) is 2. The van der Waals surface area contributed by atoms with Crippen LogP contribution in [0.2, 0.25) is 0 Å². The van der Waals surface area contributed by atoms with Crippen molar-refractivity contribution in [1.82, 2.24) is 0 Å². The van der Waals surface area contributed by atoms with Crippen molar-refractivity contribution in [1.29, 1.82) is 0 Å². The lowest BCUT2D eigenvalue weighted by Gasteiger charge is -2.44. The lowest BCUT2D eigenvalue weighted by molar-refractivity contribution is -0.151. The van der Waals surface area contributed by atoms with Crippen LogP contribution in [0.4, 0.5) is 0 Å². The summed E-state index contributed by atoms with van der Waals surface area (Å²) in [4.78, 5) is 55.1. The fraction of sp³-hybridized carbons (Fsp3) is 0.625. The molecule has 40 heavy (non-hydrogen) atoms. The molecule has 0 radical (unpaired) electrons. The molecule has 0 amide bonds. The summed E-state index contributed by atoms with van der Waals surface area (Å²) in [5.41, 5.74) is -0.725. The quantitative estimate of drug-likeness (QED) is 0.505. The Morgan fingerprint density at radius 3 is 1.40 bits per heavy atom. The number of fused-ring (bicyclic) bond motifs is 6. The second-order valence-electron chi connectivity index (χ2n) is 14.0. The minimum absolute atomic E-state index is 0.0194. The van der Waals surface area contributed by atoms with Gasteiger partial charge in [-0.05, 0) is 74.3 Å². The number of carbonyl (C=O) groups is 4. The van der Waals surface area contributed by atoms with Gasteiger partial charge in [0.25, 0.3) is 0 Å². The molecule has 8 heteroatoms. The summed E-state index contributed by atoms with van der Waals surface area (Å²) in [5, 5.41) is 23.2. The minimum atomic E-state index is -1.38. The average Bonchev–Trinajstić information content (AvgIpc) is 3.84. The van der Waals surface area contributed by atoms with E-state index in [9.17, 15) is 29.4 Å². The number of Topliss-reactive ketones (excluding diaryl/α,β-unsaturated/α-hetero) is 2. The van der Waals surface area contributed by atoms with Gasteiger partial charge in [0.15, 0.2) is 11.6 Å². The molecule has 212 valence electrons. The molecular weight excluding hydrogens is 512 g/mol. The van der Waals surface area contributed by atoms with E-state index < -0.39 is 57.4 Å². The summed E-state index contributed by atoms with van der Waals surface area (Å²) in [6, 6.07) is 0. The van der Waals surface area contributed by atoms with Crippen molar-refractivity contribution in [3.05, 3.63) is 45.6 Å². The number of hydrogen-bond acceptors (Lipinski definition) is 8. The Hall–Kier alpha value is -2.84. The van der Waals surface area contributed by atoms with Crippen molar-refractivity contribution >= 4 is 23.5 Å². The zero-order chi connectivity index (χ0) is 28.9. The molecule has 0 aromatic rings. The third kappa shape index (κ3) is 2.70. The molecule has 7 aliphatic carbocycles. The zero-order valence-corrected chi connectivity index (χ0v) is 23.8. The molecule has 8 nitrogen and oxygen atoms in total. The Labute approximate surface area is 233 Å². The highest BCUT2D eigenvalue weighted by molar-refractivity contribution is 6.09. The molecular formula is C32H36O8. The lowest BCUT2D eigenvalue weighted by atomic mass is 9.59. The Morgan fingerprint density at radius 2 is 1.07 bits per heavy atom. The minimum Gasteiger partial charge on any atom is -0.468 e. The van der Waals surface area contributed by atoms with Gasteiger partial charge in [0.2, 0.25) is 0 Å². The number of allylic oxidation sites excluding steroid dienone is 4. The number of aliphatic hydroxyl groups excluding tert-OH is 2. The van der Waals surface area contributed by atoms with Crippen LogP contribution in [0.1, 0.15) is 53.4 Å². The summed E-state index contributed by atoms with van der Waals surface area (Å²) in [6.07, 6.45) is 2.74. The van der Waals surface area contributed by atoms with E-state index in [1.807, 2.05) is 13.8 Å². The SMILES string of the molecule is COC(=O)[C@]1(C)CC2=C3C=C(C(=O)C(O)[C@@]3(C)C3CC23)[C@](C)(C(=O)OC)CC2=C3C=C1C(=O)C(O)[C@@]3(C)C1CC21. The van der Waals surface area contributed by atoms with Crippen molar-refractivity contribution < 1.29 is 38.9 Å². The van der Waals surface area contributed by atoms with Crippen LogP contribution in [0, 0.1) is 45.3 Å². The van der Waals surface area contributed by atoms with E-state index in [-0.39, 0.29) is 47.7 Å². The van der Waals surface area contributed by atoms with Gasteiger partial charge in [-0.25, -0.2) is 0 Å². The molecule has 10 atom stereocenters. The van der Waals surface area contributed by atoms with Gasteiger partial charge in [-0.2, -0.15) is 0 Å². The first kappa shape index (κ1) is 26.1. The molecule has 0 aliphatic heterocycles. The predicted molar refractivity (Wildman–Crippen MR) is 141 cm³/mol. The van der Waals surface area contributed by atoms with Crippen LogP contribution < -0.4 is 0 Å². The van der Waals surface area contributed by atoms with Gasteiger partial charge in [-0.3, -0.25) is 19.2 Å². The monoisotopic (exact) mass is 548 g/mol. The largest absolute Gasteiger partial charge is 0.468 e. The molecule has 0 aromatic carbocycles. The first-order chi connectivity index (χ1) is 18.7. The van der Waals surface area contributed by atoms with Crippen LogP contribution in [-0.2, 0) is 28.7 Å². The molecule has 0 saturated heterocycles. The number of methoxy groups -OCH3 is 2. The van der Waals surface area contributed by atoms with Gasteiger partial charge in [0, 0.05) is 22.0 Å². The molecule has 6 unspecified atom stereocenters. The van der Waals surface area contributed by atoms with Gasteiger partial charge in [0.1, 0.15) is 12.2 Å². The highest BCUT2D eigenvalue weighted by Gasteiger charge is 2.70. The van der Waals surface area contributed by atoms with Crippen molar-refractivity contribution in [3.8, 4) is 0 Å². The number of esters is 2. The Morgan fingerprint density at radius 1 is 0.725 bits per heavy atom. The maximum Gasteiger partial charge on any atom is 0.316 e. The summed E-state index contributed by atoms with van der Waals surface area (Å²) in [7, 11) is 2.60. The summed E-state index contributed by atoms with van der Waals surface area (Å²) >= 11 is 0. The molecule has 4 bridgehead atoms. The normalized spacial score (nSPS) is 47.9. The number of carbonyl (C=O) groups excluding carboxylic acids is 4. The van der Waals surface area contributed by atoms with Crippen LogP contribution in [-0.4, -0.2) is 60.1 Å². The summed E-state index contributed by atoms with van der Waals surface area (Å²) in [5.74, 6) is -1.95. The predicted octanol–water partition coefficient (Wildman–Crippen LogP) is 2.78. The van der Waals surface area contributed by atoms with Crippen molar-refractivity contribution in [2.45, 2.75) is 65.6 Å². The summed E-state index contributed by atoms with van der Waals surface area (Å²) < 4.78 is 10.6. The third-order valence-corrected chi connectivity index (χ3v) is 12.2.